The van der Waals surface area contributed by atoms with Crippen molar-refractivity contribution in [1.29, 1.82) is 0 Å². The van der Waals surface area contributed by atoms with Crippen molar-refractivity contribution in [2.24, 2.45) is 0 Å². The number of alkyl halides is 5. The van der Waals surface area contributed by atoms with Crippen molar-refractivity contribution in [3.8, 4) is 34.5 Å². The first kappa shape index (κ1) is 54.2. The van der Waals surface area contributed by atoms with E-state index in [4.69, 9.17) is 82.5 Å². The smallest absolute Gasteiger partial charge is 0.490 e. The molecular weight excluding hydrogens is 982 g/mol. The second-order valence-electron chi connectivity index (χ2n) is 7.17. The molecule has 0 saturated carbocycles. The number of aliphatic carboxylic acids is 1. The number of benzene rings is 3. The molecule has 0 amide bonds. The third kappa shape index (κ3) is 25.1. The Kier molecular flexibility index (Phi) is 32.2. The number of hydrogen-bond acceptors (Lipinski definition) is 7. The average molecular weight is 1010 g/mol. The number of rotatable bonds is 4. The molecule has 0 heterocycles. The number of phenolic OH excluding ortho intramolecular Hbond substituents is 2. The van der Waals surface area contributed by atoms with E-state index >= 15 is 0 Å². The Morgan fingerprint density at radius 3 is 1.35 bits per heavy atom. The van der Waals surface area contributed by atoms with Crippen LogP contribution in [0.4, 0.5) is 26.3 Å². The molecular formula is C26H27BBr3Cl5F6O8. The van der Waals surface area contributed by atoms with Gasteiger partial charge in [-0.25, -0.2) is 18.0 Å². The summed E-state index contributed by atoms with van der Waals surface area (Å²) in [5, 5.41) is 24.2. The molecule has 3 aromatic carbocycles. The summed E-state index contributed by atoms with van der Waals surface area (Å²) in [6, 6.07) is 7.75. The number of hydrogen-bond donors (Lipinski definition) is 3. The lowest BCUT2D eigenvalue weighted by Gasteiger charge is -2.09. The quantitative estimate of drug-likeness (QED) is 0.0778. The number of ether oxygens (including phenoxy) is 4. The molecule has 0 aliphatic carbocycles. The van der Waals surface area contributed by atoms with Crippen molar-refractivity contribution < 1.29 is 65.4 Å². The van der Waals surface area contributed by atoms with Crippen LogP contribution in [0, 0.1) is 17.5 Å². The van der Waals surface area contributed by atoms with Crippen molar-refractivity contribution in [3.63, 3.8) is 0 Å². The molecule has 0 aliphatic rings. The molecule has 0 fully saturated rings. The van der Waals surface area contributed by atoms with Crippen LogP contribution >= 0.6 is 105 Å². The summed E-state index contributed by atoms with van der Waals surface area (Å²) in [7, 11) is 5.62. The second-order valence-corrected chi connectivity index (χ2v) is 15.5. The number of carboxylic acid groups (broad SMARTS) is 1. The summed E-state index contributed by atoms with van der Waals surface area (Å²) in [4.78, 5) is 8.90. The molecule has 3 N–H and O–H groups in total. The highest BCUT2D eigenvalue weighted by Crippen LogP contribution is 2.46. The molecule has 3 rings (SSSR count). The molecule has 0 bridgehead atoms. The number of aromatic hydroxyl groups is 2. The number of carbonyl (C=O) groups is 1. The van der Waals surface area contributed by atoms with Crippen LogP contribution in [0.5, 0.6) is 34.5 Å². The summed E-state index contributed by atoms with van der Waals surface area (Å²) in [5.74, 6) is -4.18. The third-order valence-electron chi connectivity index (χ3n) is 4.05. The molecule has 8 nitrogen and oxygen atoms in total. The van der Waals surface area contributed by atoms with Gasteiger partial charge < -0.3 is 34.3 Å². The Morgan fingerprint density at radius 1 is 0.735 bits per heavy atom. The van der Waals surface area contributed by atoms with Crippen molar-refractivity contribution >= 4 is 114 Å². The standard InChI is InChI=1S/C8H9FO2.C7H4Cl3FO2.C7H7FO2.C2HF3O2.CH2Cl2.CH4.BBr3/c1-10-7-3-6(9)4-8(5-7)11-2;1-13-7-3(9)5(11)2(8)6(12)4(7)10;1-10-7-3-5(8)2-6(9)4-7;3-2(4,5)1(6)7;2-1-3;;2-1(3)4/h3-5H,1-2H3;12H,1H3;2-4,9H,1H3;(H,6,7);1H2;1H4;. The lowest BCUT2D eigenvalue weighted by atomic mass is 10.3. The zero-order valence-electron chi connectivity index (χ0n) is 24.4. The predicted molar refractivity (Wildman–Crippen MR) is 193 cm³/mol. The zero-order valence-corrected chi connectivity index (χ0v) is 33.0. The predicted octanol–water partition coefficient (Wildman–Crippen LogP) is 11.7. The van der Waals surface area contributed by atoms with Crippen molar-refractivity contribution in [1.82, 2.24) is 0 Å². The van der Waals surface area contributed by atoms with Crippen molar-refractivity contribution in [2.45, 2.75) is 13.6 Å². The highest BCUT2D eigenvalue weighted by Gasteiger charge is 2.38. The van der Waals surface area contributed by atoms with Crippen LogP contribution in [0.2, 0.25) is 15.1 Å². The first-order chi connectivity index (χ1) is 22.1. The molecule has 49 heavy (non-hydrogen) atoms. The maximum Gasteiger partial charge on any atom is 0.490 e. The average Bonchev–Trinajstić information content (AvgIpc) is 2.99. The first-order valence-corrected chi connectivity index (χ1v) is 16.4. The Balaban J connectivity index is -0.000000261. The first-order valence-electron chi connectivity index (χ1n) is 11.4. The highest BCUT2D eigenvalue weighted by atomic mass is 79.9. The Hall–Kier alpha value is -1.54. The molecule has 280 valence electrons. The molecule has 0 atom stereocenters. The van der Waals surface area contributed by atoms with Crippen LogP contribution in [-0.2, 0) is 4.79 Å². The minimum atomic E-state index is -5.08. The number of phenols is 2. The van der Waals surface area contributed by atoms with E-state index in [0.717, 1.165) is 6.07 Å². The number of methoxy groups -OCH3 is 4. The van der Waals surface area contributed by atoms with Gasteiger partial charge in [-0.05, 0) is 0 Å². The monoisotopic (exact) mass is 1000 g/mol. The topological polar surface area (TPSA) is 115 Å². The largest absolute Gasteiger partial charge is 0.508 e. The summed E-state index contributed by atoms with van der Waals surface area (Å²) in [5.41, 5.74) is 0. The van der Waals surface area contributed by atoms with Gasteiger partial charge >= 0.3 is 15.3 Å². The minimum absolute atomic E-state index is 0. The molecule has 0 unspecified atom stereocenters. The van der Waals surface area contributed by atoms with E-state index in [1.807, 2.05) is 0 Å². The van der Waals surface area contributed by atoms with E-state index < -0.39 is 34.6 Å². The molecule has 23 heteroatoms. The van der Waals surface area contributed by atoms with Crippen LogP contribution in [0.1, 0.15) is 7.43 Å². The van der Waals surface area contributed by atoms with Crippen LogP contribution in [0.3, 0.4) is 0 Å². The van der Waals surface area contributed by atoms with Gasteiger partial charge in [0.1, 0.15) is 49.7 Å². The van der Waals surface area contributed by atoms with E-state index in [-0.39, 0.29) is 43.3 Å². The van der Waals surface area contributed by atoms with E-state index in [9.17, 15) is 31.4 Å². The maximum absolute atomic E-state index is 13.1. The normalized spacial score (nSPS) is 9.27. The van der Waals surface area contributed by atoms with Crippen LogP contribution in [0.25, 0.3) is 0 Å². The van der Waals surface area contributed by atoms with Crippen molar-refractivity contribution in [2.75, 3.05) is 33.8 Å². The molecule has 0 aliphatic heterocycles. The van der Waals surface area contributed by atoms with Gasteiger partial charge in [-0.2, -0.15) is 13.2 Å². The fraction of sp³-hybridized carbons (Fsp3) is 0.269. The number of halogens is 14. The summed E-state index contributed by atoms with van der Waals surface area (Å²) >= 11 is 35.3. The SMILES string of the molecule is BrB(Br)Br.C.COc1c(Cl)c(O)c(Cl)c(F)c1Cl.COc1cc(F)cc(OC)c1.COc1cc(O)cc(F)c1.ClCCl.O=C(O)C(F)(F)F. The van der Waals surface area contributed by atoms with Crippen LogP contribution in [-0.4, -0.2) is 64.4 Å². The van der Waals surface area contributed by atoms with Gasteiger partial charge in [0.2, 0.25) is 0 Å². The fourth-order valence-electron chi connectivity index (χ4n) is 2.22. The summed E-state index contributed by atoms with van der Waals surface area (Å²) in [6.45, 7) is 0. The van der Waals surface area contributed by atoms with E-state index in [1.165, 1.54) is 52.7 Å². The molecule has 0 radical (unpaired) electrons. The van der Waals surface area contributed by atoms with Gasteiger partial charge in [-0.3, -0.25) is 0 Å². The lowest BCUT2D eigenvalue weighted by molar-refractivity contribution is -0.192. The highest BCUT2D eigenvalue weighted by molar-refractivity contribution is 9.69. The van der Waals surface area contributed by atoms with Crippen molar-refractivity contribution in [3.05, 3.63) is 68.9 Å². The Labute approximate surface area is 328 Å². The Morgan fingerprint density at radius 2 is 1.06 bits per heavy atom. The van der Waals surface area contributed by atoms with Gasteiger partial charge in [0.25, 0.3) is 0 Å². The van der Waals surface area contributed by atoms with Gasteiger partial charge in [0.15, 0.2) is 17.3 Å². The molecule has 3 aromatic rings. The maximum atomic E-state index is 13.1. The molecule has 0 spiro atoms. The van der Waals surface area contributed by atoms with E-state index in [1.54, 1.807) is 6.07 Å². The number of carboxylic acids is 1. The van der Waals surface area contributed by atoms with Crippen LogP contribution < -0.4 is 18.9 Å². The van der Waals surface area contributed by atoms with Gasteiger partial charge in [0.05, 0.1) is 33.8 Å². The van der Waals surface area contributed by atoms with Gasteiger partial charge in [-0.15, -0.1) is 70.5 Å². The lowest BCUT2D eigenvalue weighted by Crippen LogP contribution is -2.21. The Bertz CT molecular complexity index is 1330. The fourth-order valence-corrected chi connectivity index (χ4v) is 3.08. The summed E-state index contributed by atoms with van der Waals surface area (Å²) in [6.07, 6.45) is -5.08. The van der Waals surface area contributed by atoms with Gasteiger partial charge in [0, 0.05) is 36.4 Å². The summed E-state index contributed by atoms with van der Waals surface area (Å²) < 4.78 is 89.1. The van der Waals surface area contributed by atoms with Crippen LogP contribution in [0.15, 0.2) is 36.4 Å². The van der Waals surface area contributed by atoms with E-state index in [2.05, 4.69) is 56.7 Å². The molecule has 0 saturated heterocycles. The zero-order chi connectivity index (χ0) is 38.4. The van der Waals surface area contributed by atoms with E-state index in [0.29, 0.717) is 17.2 Å². The van der Waals surface area contributed by atoms with Gasteiger partial charge in [-0.1, -0.05) is 42.2 Å². The minimum Gasteiger partial charge on any atom is -0.508 e. The third-order valence-corrected chi connectivity index (χ3v) is 5.09. The molecule has 0 aromatic heterocycles. The second kappa shape index (κ2) is 29.1.